The van der Waals surface area contributed by atoms with Crippen LogP contribution in [0.2, 0.25) is 0 Å². The maximum atomic E-state index is 12.1. The van der Waals surface area contributed by atoms with Crippen molar-refractivity contribution < 1.29 is 15.0 Å². The molecule has 3 N–H and O–H groups in total. The Bertz CT molecular complexity index is 505. The summed E-state index contributed by atoms with van der Waals surface area (Å²) in [7, 11) is 0. The third-order valence-electron chi connectivity index (χ3n) is 4.59. The second-order valence-electron chi connectivity index (χ2n) is 6.28. The normalized spacial score (nSPS) is 25.6. The summed E-state index contributed by atoms with van der Waals surface area (Å²) >= 11 is 0. The van der Waals surface area contributed by atoms with Crippen molar-refractivity contribution in [2.75, 3.05) is 6.54 Å². The third kappa shape index (κ3) is 3.97. The van der Waals surface area contributed by atoms with Crippen molar-refractivity contribution in [3.8, 4) is 5.75 Å². The van der Waals surface area contributed by atoms with Crippen molar-refractivity contribution in [2.24, 2.45) is 5.92 Å². The van der Waals surface area contributed by atoms with Crippen LogP contribution in [-0.4, -0.2) is 28.3 Å². The molecule has 21 heavy (non-hydrogen) atoms. The highest BCUT2D eigenvalue weighted by Crippen LogP contribution is 2.33. The predicted octanol–water partition coefficient (Wildman–Crippen LogP) is 2.76. The first-order chi connectivity index (χ1) is 9.93. The van der Waals surface area contributed by atoms with Gasteiger partial charge in [-0.15, -0.1) is 0 Å². The predicted molar refractivity (Wildman–Crippen MR) is 82.4 cm³/mol. The second kappa shape index (κ2) is 6.48. The molecule has 0 spiro atoms. The Morgan fingerprint density at radius 2 is 2.05 bits per heavy atom. The highest BCUT2D eigenvalue weighted by Gasteiger charge is 2.33. The standard InChI is InChI=1S/C17H25NO3/c1-3-13-6-8-17(21,9-7-13)11-18-16(20)14-5-4-12(2)10-15(14)19/h4-5,10,13,19,21H,3,6-9,11H2,1-2H3,(H,18,20). The molecule has 0 atom stereocenters. The molecular formula is C17H25NO3. The molecule has 1 aliphatic carbocycles. The number of aryl methyl sites for hydroxylation is 1. The van der Waals surface area contributed by atoms with Gasteiger partial charge in [-0.25, -0.2) is 0 Å². The molecule has 0 heterocycles. The number of carbonyl (C=O) groups is 1. The number of rotatable bonds is 4. The number of hydrogen-bond donors (Lipinski definition) is 3. The van der Waals surface area contributed by atoms with Gasteiger partial charge in [0, 0.05) is 6.54 Å². The fourth-order valence-corrected chi connectivity index (χ4v) is 2.97. The van der Waals surface area contributed by atoms with Gasteiger partial charge in [0.05, 0.1) is 11.2 Å². The first-order valence-electron chi connectivity index (χ1n) is 7.74. The number of benzene rings is 1. The fourth-order valence-electron chi connectivity index (χ4n) is 2.97. The zero-order chi connectivity index (χ0) is 15.5. The Morgan fingerprint density at radius 1 is 1.38 bits per heavy atom. The van der Waals surface area contributed by atoms with Crippen LogP contribution in [0.5, 0.6) is 5.75 Å². The van der Waals surface area contributed by atoms with Crippen LogP contribution in [0.25, 0.3) is 0 Å². The van der Waals surface area contributed by atoms with E-state index in [2.05, 4.69) is 12.2 Å². The third-order valence-corrected chi connectivity index (χ3v) is 4.59. The van der Waals surface area contributed by atoms with Crippen molar-refractivity contribution in [1.82, 2.24) is 5.32 Å². The molecule has 1 aromatic carbocycles. The van der Waals surface area contributed by atoms with Crippen LogP contribution in [0, 0.1) is 12.8 Å². The van der Waals surface area contributed by atoms with E-state index in [0.717, 1.165) is 37.7 Å². The molecule has 116 valence electrons. The smallest absolute Gasteiger partial charge is 0.255 e. The first kappa shape index (κ1) is 15.8. The summed E-state index contributed by atoms with van der Waals surface area (Å²) in [6.07, 6.45) is 4.63. The molecule has 1 aliphatic rings. The van der Waals surface area contributed by atoms with E-state index in [-0.39, 0.29) is 23.8 Å². The van der Waals surface area contributed by atoms with Crippen molar-refractivity contribution >= 4 is 5.91 Å². The van der Waals surface area contributed by atoms with E-state index >= 15 is 0 Å². The van der Waals surface area contributed by atoms with Crippen LogP contribution >= 0.6 is 0 Å². The lowest BCUT2D eigenvalue weighted by atomic mass is 9.78. The average molecular weight is 291 g/mol. The monoisotopic (exact) mass is 291 g/mol. The summed E-state index contributed by atoms with van der Waals surface area (Å²) < 4.78 is 0. The zero-order valence-corrected chi connectivity index (χ0v) is 12.9. The quantitative estimate of drug-likeness (QED) is 0.799. The Labute approximate surface area is 126 Å². The zero-order valence-electron chi connectivity index (χ0n) is 12.9. The summed E-state index contributed by atoms with van der Waals surface area (Å²) in [6, 6.07) is 4.96. The Hall–Kier alpha value is -1.55. The molecule has 2 rings (SSSR count). The van der Waals surface area contributed by atoms with Crippen LogP contribution in [0.1, 0.15) is 54.9 Å². The SMILES string of the molecule is CCC1CCC(O)(CNC(=O)c2ccc(C)cc2O)CC1. The molecule has 0 unspecified atom stereocenters. The molecule has 1 fully saturated rings. The maximum absolute atomic E-state index is 12.1. The van der Waals surface area contributed by atoms with E-state index in [9.17, 15) is 15.0 Å². The second-order valence-corrected chi connectivity index (χ2v) is 6.28. The van der Waals surface area contributed by atoms with Crippen LogP contribution in [-0.2, 0) is 0 Å². The lowest BCUT2D eigenvalue weighted by molar-refractivity contribution is -0.00788. The molecule has 4 nitrogen and oxygen atoms in total. The van der Waals surface area contributed by atoms with Gasteiger partial charge < -0.3 is 15.5 Å². The molecule has 1 saturated carbocycles. The molecule has 1 amide bonds. The van der Waals surface area contributed by atoms with E-state index in [1.54, 1.807) is 18.2 Å². The fraction of sp³-hybridized carbons (Fsp3) is 0.588. The van der Waals surface area contributed by atoms with Crippen molar-refractivity contribution in [3.05, 3.63) is 29.3 Å². The molecule has 1 aromatic rings. The molecule has 0 radical (unpaired) electrons. The van der Waals surface area contributed by atoms with Crippen molar-refractivity contribution in [2.45, 2.75) is 51.6 Å². The van der Waals surface area contributed by atoms with E-state index < -0.39 is 5.60 Å². The minimum Gasteiger partial charge on any atom is -0.507 e. The van der Waals surface area contributed by atoms with Gasteiger partial charge in [-0.05, 0) is 56.2 Å². The number of phenolic OH excluding ortho intramolecular Hbond substituents is 1. The highest BCUT2D eigenvalue weighted by molar-refractivity contribution is 5.96. The van der Waals surface area contributed by atoms with Crippen LogP contribution in [0.3, 0.4) is 0 Å². The number of phenols is 1. The van der Waals surface area contributed by atoms with Crippen LogP contribution in [0.4, 0.5) is 0 Å². The summed E-state index contributed by atoms with van der Waals surface area (Å²) in [5.74, 6) is 0.342. The van der Waals surface area contributed by atoms with Gasteiger partial charge in [-0.1, -0.05) is 19.4 Å². The Balaban J connectivity index is 1.92. The molecule has 0 bridgehead atoms. The molecule has 0 saturated heterocycles. The average Bonchev–Trinajstić information content (AvgIpc) is 2.46. The van der Waals surface area contributed by atoms with Crippen molar-refractivity contribution in [1.29, 1.82) is 0 Å². The van der Waals surface area contributed by atoms with Crippen molar-refractivity contribution in [3.63, 3.8) is 0 Å². The van der Waals surface area contributed by atoms with Gasteiger partial charge in [0.25, 0.3) is 5.91 Å². The van der Waals surface area contributed by atoms with E-state index in [4.69, 9.17) is 0 Å². The first-order valence-corrected chi connectivity index (χ1v) is 7.74. The Kier molecular flexibility index (Phi) is 4.88. The number of aromatic hydroxyl groups is 1. The van der Waals surface area contributed by atoms with Crippen LogP contribution in [0.15, 0.2) is 18.2 Å². The van der Waals surface area contributed by atoms with Gasteiger partial charge in [0.2, 0.25) is 0 Å². The number of nitrogens with one attached hydrogen (secondary N) is 1. The lowest BCUT2D eigenvalue weighted by Gasteiger charge is -2.35. The maximum Gasteiger partial charge on any atom is 0.255 e. The summed E-state index contributed by atoms with van der Waals surface area (Å²) in [6.45, 7) is 4.28. The van der Waals surface area contributed by atoms with Crippen LogP contribution < -0.4 is 5.32 Å². The lowest BCUT2D eigenvalue weighted by Crippen LogP contribution is -2.45. The number of aliphatic hydroxyl groups is 1. The van der Waals surface area contributed by atoms with Gasteiger partial charge in [0.15, 0.2) is 0 Å². The molecular weight excluding hydrogens is 266 g/mol. The largest absolute Gasteiger partial charge is 0.507 e. The molecule has 4 heteroatoms. The number of hydrogen-bond acceptors (Lipinski definition) is 3. The molecule has 0 aromatic heterocycles. The van der Waals surface area contributed by atoms with E-state index in [0.29, 0.717) is 5.92 Å². The summed E-state index contributed by atoms with van der Waals surface area (Å²) in [5, 5.41) is 23.1. The van der Waals surface area contributed by atoms with E-state index in [1.807, 2.05) is 6.92 Å². The summed E-state index contributed by atoms with van der Waals surface area (Å²) in [5.41, 5.74) is 0.355. The number of amides is 1. The summed E-state index contributed by atoms with van der Waals surface area (Å²) in [4.78, 5) is 12.1. The minimum atomic E-state index is -0.804. The Morgan fingerprint density at radius 3 is 2.62 bits per heavy atom. The highest BCUT2D eigenvalue weighted by atomic mass is 16.3. The van der Waals surface area contributed by atoms with Gasteiger partial charge in [-0.3, -0.25) is 4.79 Å². The minimum absolute atomic E-state index is 0.0193. The molecule has 0 aliphatic heterocycles. The topological polar surface area (TPSA) is 69.6 Å². The number of carbonyl (C=O) groups excluding carboxylic acids is 1. The van der Waals surface area contributed by atoms with Gasteiger partial charge in [0.1, 0.15) is 5.75 Å². The van der Waals surface area contributed by atoms with E-state index in [1.165, 1.54) is 0 Å². The van der Waals surface area contributed by atoms with Gasteiger partial charge in [-0.2, -0.15) is 0 Å². The van der Waals surface area contributed by atoms with Gasteiger partial charge >= 0.3 is 0 Å².